The number of hydrogen-bond acceptors (Lipinski definition) is 6. The summed E-state index contributed by atoms with van der Waals surface area (Å²) in [5, 5.41) is 10.5. The number of ether oxygens (including phenoxy) is 1. The second kappa shape index (κ2) is 8.65. The molecule has 0 fully saturated rings. The first kappa shape index (κ1) is 22.7. The number of carbonyl (C=O) groups excluding carboxylic acids is 1. The third-order valence-corrected chi connectivity index (χ3v) is 4.61. The molecule has 168 valence electrons. The molecular formula is C20H17F3N4O5. The second-order valence-electron chi connectivity index (χ2n) is 6.61. The van der Waals surface area contributed by atoms with Crippen LogP contribution < -0.4 is 15.6 Å². The zero-order valence-electron chi connectivity index (χ0n) is 16.8. The van der Waals surface area contributed by atoms with Crippen molar-refractivity contribution in [3.05, 3.63) is 58.3 Å². The summed E-state index contributed by atoms with van der Waals surface area (Å²) in [4.78, 5) is 43.6. The van der Waals surface area contributed by atoms with Crippen molar-refractivity contribution in [1.29, 1.82) is 0 Å². The van der Waals surface area contributed by atoms with E-state index < -0.39 is 12.1 Å². The van der Waals surface area contributed by atoms with Crippen molar-refractivity contribution in [1.82, 2.24) is 19.9 Å². The molecule has 0 saturated heterocycles. The lowest BCUT2D eigenvalue weighted by Crippen LogP contribution is -2.30. The number of fused-ring (bicyclic) bond motifs is 4. The van der Waals surface area contributed by atoms with Gasteiger partial charge in [-0.1, -0.05) is 6.92 Å². The highest BCUT2D eigenvalue weighted by atomic mass is 19.4. The fraction of sp³-hybridized carbons (Fsp3) is 0.250. The number of aromatic nitrogens is 3. The van der Waals surface area contributed by atoms with E-state index in [9.17, 15) is 22.8 Å². The topological polar surface area (TPSA) is 123 Å². The molecule has 3 heterocycles. The van der Waals surface area contributed by atoms with E-state index >= 15 is 0 Å². The lowest BCUT2D eigenvalue weighted by atomic mass is 10.1. The summed E-state index contributed by atoms with van der Waals surface area (Å²) in [6.45, 7) is 1.93. The molecule has 1 amide bonds. The quantitative estimate of drug-likeness (QED) is 0.615. The number of methoxy groups -OCH3 is 1. The van der Waals surface area contributed by atoms with E-state index in [4.69, 9.17) is 14.6 Å². The number of carbonyl (C=O) groups is 2. The number of pyridine rings is 1. The lowest BCUT2D eigenvalue weighted by Gasteiger charge is -2.17. The van der Waals surface area contributed by atoms with Gasteiger partial charge in [-0.3, -0.25) is 9.59 Å². The van der Waals surface area contributed by atoms with Crippen LogP contribution in [0.4, 0.5) is 13.2 Å². The molecule has 1 atom stereocenters. The lowest BCUT2D eigenvalue weighted by molar-refractivity contribution is -0.192. The minimum Gasteiger partial charge on any atom is -0.497 e. The SMILES string of the molecule is CCC1NC(=O)c2cccnc2-n2c1nc1ccc(OC)cc1c2=O.O=C(O)C(F)(F)F. The Morgan fingerprint density at radius 3 is 2.56 bits per heavy atom. The highest BCUT2D eigenvalue weighted by molar-refractivity contribution is 5.98. The average Bonchev–Trinajstić information content (AvgIpc) is 2.88. The Labute approximate surface area is 178 Å². The first-order valence-corrected chi connectivity index (χ1v) is 9.25. The molecule has 2 N–H and O–H groups in total. The standard InChI is InChI=1S/C18H16N4O3.C2HF3O2/c1-3-13-16-20-14-7-6-10(25-2)9-12(14)18(24)22(16)15-11(17(23)21-13)5-4-8-19-15;3-2(4,5)1(6)7/h4-9,13H,3H2,1-2H3,(H,21,23);(H,6,7). The predicted octanol–water partition coefficient (Wildman–Crippen LogP) is 2.62. The van der Waals surface area contributed by atoms with E-state index in [1.54, 1.807) is 43.6 Å². The van der Waals surface area contributed by atoms with Gasteiger partial charge in [0, 0.05) is 6.20 Å². The Morgan fingerprint density at radius 1 is 1.28 bits per heavy atom. The van der Waals surface area contributed by atoms with Crippen molar-refractivity contribution >= 4 is 22.8 Å². The molecule has 9 nitrogen and oxygen atoms in total. The van der Waals surface area contributed by atoms with Crippen LogP contribution in [0.5, 0.6) is 5.75 Å². The Bertz CT molecular complexity index is 1260. The predicted molar refractivity (Wildman–Crippen MR) is 106 cm³/mol. The minimum absolute atomic E-state index is 0.263. The fourth-order valence-corrected chi connectivity index (χ4v) is 3.08. The van der Waals surface area contributed by atoms with Crippen molar-refractivity contribution in [2.75, 3.05) is 7.11 Å². The van der Waals surface area contributed by atoms with Crippen molar-refractivity contribution in [2.24, 2.45) is 0 Å². The summed E-state index contributed by atoms with van der Waals surface area (Å²) in [5.74, 6) is -1.67. The molecule has 0 bridgehead atoms. The van der Waals surface area contributed by atoms with Gasteiger partial charge >= 0.3 is 12.1 Å². The van der Waals surface area contributed by atoms with Crippen LogP contribution in [0, 0.1) is 0 Å². The molecule has 0 spiro atoms. The number of hydrogen-bond donors (Lipinski definition) is 2. The van der Waals surface area contributed by atoms with Gasteiger partial charge in [0.1, 0.15) is 11.6 Å². The summed E-state index contributed by atoms with van der Waals surface area (Å²) in [6.07, 6.45) is -2.92. The first-order chi connectivity index (χ1) is 15.1. The summed E-state index contributed by atoms with van der Waals surface area (Å²) >= 11 is 0. The second-order valence-corrected chi connectivity index (χ2v) is 6.61. The average molecular weight is 450 g/mol. The Kier molecular flexibility index (Phi) is 6.14. The van der Waals surface area contributed by atoms with Crippen molar-refractivity contribution in [2.45, 2.75) is 25.6 Å². The van der Waals surface area contributed by atoms with E-state index in [-0.39, 0.29) is 17.5 Å². The van der Waals surface area contributed by atoms with Crippen molar-refractivity contribution in [3.8, 4) is 11.6 Å². The summed E-state index contributed by atoms with van der Waals surface area (Å²) in [5.41, 5.74) is 0.642. The van der Waals surface area contributed by atoms with Crippen LogP contribution in [-0.4, -0.2) is 44.8 Å². The van der Waals surface area contributed by atoms with Crippen molar-refractivity contribution < 1.29 is 32.6 Å². The van der Waals surface area contributed by atoms with Gasteiger partial charge in [-0.05, 0) is 36.8 Å². The monoisotopic (exact) mass is 450 g/mol. The largest absolute Gasteiger partial charge is 0.497 e. The zero-order valence-corrected chi connectivity index (χ0v) is 16.8. The maximum absolute atomic E-state index is 13.2. The number of amides is 1. The van der Waals surface area contributed by atoms with E-state index in [2.05, 4.69) is 15.3 Å². The van der Waals surface area contributed by atoms with Gasteiger partial charge in [0.05, 0.1) is 29.6 Å². The van der Waals surface area contributed by atoms with Gasteiger partial charge in [-0.15, -0.1) is 0 Å². The molecule has 3 aromatic rings. The van der Waals surface area contributed by atoms with Gasteiger partial charge in [-0.2, -0.15) is 13.2 Å². The highest BCUT2D eigenvalue weighted by Gasteiger charge is 2.38. The number of nitrogens with zero attached hydrogens (tertiary/aromatic N) is 3. The van der Waals surface area contributed by atoms with Crippen LogP contribution in [0.3, 0.4) is 0 Å². The number of alkyl halides is 3. The number of nitrogens with one attached hydrogen (secondary N) is 1. The Morgan fingerprint density at radius 2 is 1.97 bits per heavy atom. The van der Waals surface area contributed by atoms with Crippen LogP contribution >= 0.6 is 0 Å². The minimum atomic E-state index is -5.08. The number of benzene rings is 1. The van der Waals surface area contributed by atoms with Gasteiger partial charge in [0.25, 0.3) is 11.5 Å². The fourth-order valence-electron chi connectivity index (χ4n) is 3.08. The van der Waals surface area contributed by atoms with E-state index in [0.29, 0.717) is 40.3 Å². The van der Waals surface area contributed by atoms with Crippen LogP contribution in [0.1, 0.15) is 35.6 Å². The zero-order chi connectivity index (χ0) is 23.6. The van der Waals surface area contributed by atoms with Crippen LogP contribution in [0.2, 0.25) is 0 Å². The van der Waals surface area contributed by atoms with E-state index in [0.717, 1.165) is 0 Å². The molecule has 1 aliphatic rings. The normalized spacial score (nSPS) is 14.9. The molecule has 12 heteroatoms. The smallest absolute Gasteiger partial charge is 0.490 e. The van der Waals surface area contributed by atoms with Gasteiger partial charge < -0.3 is 15.2 Å². The van der Waals surface area contributed by atoms with Gasteiger partial charge in [0.15, 0.2) is 5.82 Å². The molecule has 4 rings (SSSR count). The molecule has 2 aromatic heterocycles. The Balaban J connectivity index is 0.000000360. The highest BCUT2D eigenvalue weighted by Crippen LogP contribution is 2.26. The number of carboxylic acids is 1. The molecule has 0 radical (unpaired) electrons. The third kappa shape index (κ3) is 4.24. The molecule has 1 aliphatic heterocycles. The molecule has 0 aliphatic carbocycles. The van der Waals surface area contributed by atoms with Gasteiger partial charge in [-0.25, -0.2) is 19.3 Å². The summed E-state index contributed by atoms with van der Waals surface area (Å²) in [7, 11) is 1.54. The molecule has 32 heavy (non-hydrogen) atoms. The van der Waals surface area contributed by atoms with E-state index in [1.165, 1.54) is 4.57 Å². The Hall–Kier alpha value is -3.96. The maximum Gasteiger partial charge on any atom is 0.490 e. The molecular weight excluding hydrogens is 433 g/mol. The number of aliphatic carboxylic acids is 1. The summed E-state index contributed by atoms with van der Waals surface area (Å²) in [6, 6.07) is 8.11. The van der Waals surface area contributed by atoms with Gasteiger partial charge in [0.2, 0.25) is 0 Å². The number of rotatable bonds is 2. The molecule has 0 saturated carbocycles. The summed E-state index contributed by atoms with van der Waals surface area (Å²) < 4.78 is 38.4. The maximum atomic E-state index is 13.2. The number of carboxylic acid groups (broad SMARTS) is 1. The van der Waals surface area contributed by atoms with Crippen molar-refractivity contribution in [3.63, 3.8) is 0 Å². The van der Waals surface area contributed by atoms with Crippen LogP contribution in [0.15, 0.2) is 41.3 Å². The molecule has 1 aromatic carbocycles. The van der Waals surface area contributed by atoms with Crippen LogP contribution in [0.25, 0.3) is 16.7 Å². The van der Waals surface area contributed by atoms with E-state index in [1.807, 2.05) is 6.92 Å². The number of halogens is 3. The molecule has 1 unspecified atom stereocenters. The third-order valence-electron chi connectivity index (χ3n) is 4.61. The van der Waals surface area contributed by atoms with Crippen LogP contribution in [-0.2, 0) is 4.79 Å². The first-order valence-electron chi connectivity index (χ1n) is 9.25.